The highest BCUT2D eigenvalue weighted by Gasteiger charge is 2.20. The van der Waals surface area contributed by atoms with Crippen LogP contribution in [0.4, 0.5) is 34.1 Å². The van der Waals surface area contributed by atoms with Gasteiger partial charge in [-0.3, -0.25) is 0 Å². The van der Waals surface area contributed by atoms with Crippen LogP contribution in [0.15, 0.2) is 279 Å². The maximum atomic E-state index is 11.0. The zero-order valence-corrected chi connectivity index (χ0v) is 38.8. The Bertz CT molecular complexity index is 3680. The maximum Gasteiger partial charge on any atom is 0.101 e. The summed E-state index contributed by atoms with van der Waals surface area (Å²) in [5, 5.41) is 13.0. The number of rotatable bonds is 11. The molecule has 71 heavy (non-hydrogen) atoms. The number of nitrogens with zero attached hydrogens (tertiary/aromatic N) is 4. The molecule has 4 heteroatoms. The van der Waals surface area contributed by atoms with Crippen LogP contribution in [0.5, 0.6) is 0 Å². The molecule has 4 nitrogen and oxygen atoms in total. The lowest BCUT2D eigenvalue weighted by Crippen LogP contribution is -2.09. The molecule has 0 aliphatic heterocycles. The van der Waals surface area contributed by atoms with Crippen molar-refractivity contribution in [2.24, 2.45) is 0 Å². The van der Waals surface area contributed by atoms with Crippen molar-refractivity contribution in [3.63, 3.8) is 0 Å². The Hall–Kier alpha value is -9.69. The first-order chi connectivity index (χ1) is 35.2. The minimum atomic E-state index is 0.659. The van der Waals surface area contributed by atoms with Gasteiger partial charge in [-0.2, -0.15) is 5.26 Å². The average Bonchev–Trinajstić information content (AvgIpc) is 3.79. The van der Waals surface area contributed by atoms with Crippen LogP contribution in [0.1, 0.15) is 5.56 Å². The lowest BCUT2D eigenvalue weighted by atomic mass is 9.95. The van der Waals surface area contributed by atoms with E-state index in [1.807, 2.05) is 24.3 Å². The van der Waals surface area contributed by atoms with Gasteiger partial charge in [-0.25, -0.2) is 0 Å². The third-order valence-corrected chi connectivity index (χ3v) is 13.5. The van der Waals surface area contributed by atoms with E-state index in [0.29, 0.717) is 5.56 Å². The van der Waals surface area contributed by atoms with Crippen LogP contribution in [-0.2, 0) is 0 Å². The van der Waals surface area contributed by atoms with Crippen molar-refractivity contribution >= 4 is 55.9 Å². The second kappa shape index (κ2) is 18.8. The van der Waals surface area contributed by atoms with E-state index < -0.39 is 0 Å². The molecular formula is C67H46N4. The van der Waals surface area contributed by atoms with Crippen LogP contribution in [0.25, 0.3) is 72.0 Å². The fourth-order valence-electron chi connectivity index (χ4n) is 10.0. The first-order valence-corrected chi connectivity index (χ1v) is 24.0. The van der Waals surface area contributed by atoms with Crippen LogP contribution in [-0.4, -0.2) is 4.57 Å². The van der Waals surface area contributed by atoms with Gasteiger partial charge in [0.2, 0.25) is 0 Å². The maximum absolute atomic E-state index is 11.0. The molecular weight excluding hydrogens is 861 g/mol. The van der Waals surface area contributed by atoms with E-state index in [4.69, 9.17) is 0 Å². The standard InChI is InChI=1S/C67H46N4/c68-47-64-62(54-33-43-60(44-34-54)70(58-35-25-50(26-36-58)48-15-5-1-6-16-48)59-37-27-51(28-38-59)49-17-7-2-8-18-49)45-46-66-67(64)63-23-13-14-24-65(63)71(66)61-41-31-53(32-42-61)52-29-39-57(40-30-52)69(55-19-9-3-10-20-55)56-21-11-4-12-22-56/h1-46H. The van der Waals surface area contributed by atoms with Crippen molar-refractivity contribution in [3.05, 3.63) is 285 Å². The molecule has 0 amide bonds. The summed E-state index contributed by atoms with van der Waals surface area (Å²) in [5.74, 6) is 0. The van der Waals surface area contributed by atoms with Gasteiger partial charge >= 0.3 is 0 Å². The average molecular weight is 907 g/mol. The smallest absolute Gasteiger partial charge is 0.101 e. The van der Waals surface area contributed by atoms with Crippen LogP contribution in [0.2, 0.25) is 0 Å². The van der Waals surface area contributed by atoms with Gasteiger partial charge in [-0.15, -0.1) is 0 Å². The predicted octanol–water partition coefficient (Wildman–Crippen LogP) is 18.3. The molecule has 0 spiro atoms. The monoisotopic (exact) mass is 906 g/mol. The number of nitriles is 1. The summed E-state index contributed by atoms with van der Waals surface area (Å²) in [6, 6.07) is 101. The quantitative estimate of drug-likeness (QED) is 0.130. The van der Waals surface area contributed by atoms with E-state index in [2.05, 4.69) is 275 Å². The number of hydrogen-bond donors (Lipinski definition) is 0. The molecule has 0 saturated carbocycles. The van der Waals surface area contributed by atoms with Gasteiger partial charge in [0.05, 0.1) is 16.6 Å². The molecule has 0 N–H and O–H groups in total. The summed E-state index contributed by atoms with van der Waals surface area (Å²) >= 11 is 0. The van der Waals surface area contributed by atoms with Crippen molar-refractivity contribution in [2.75, 3.05) is 9.80 Å². The van der Waals surface area contributed by atoms with Crippen molar-refractivity contribution in [1.29, 1.82) is 5.26 Å². The second-order valence-corrected chi connectivity index (χ2v) is 17.7. The van der Waals surface area contributed by atoms with Gasteiger partial charge in [0.15, 0.2) is 0 Å². The first-order valence-electron chi connectivity index (χ1n) is 24.0. The Morgan fingerprint density at radius 3 is 1.04 bits per heavy atom. The Labute approximate surface area is 414 Å². The summed E-state index contributed by atoms with van der Waals surface area (Å²) in [7, 11) is 0. The van der Waals surface area contributed by atoms with Gasteiger partial charge in [-0.05, 0) is 136 Å². The molecule has 0 aliphatic rings. The van der Waals surface area contributed by atoms with Crippen LogP contribution in [0, 0.1) is 11.3 Å². The normalized spacial score (nSPS) is 11.1. The zero-order chi connectivity index (χ0) is 47.5. The first kappa shape index (κ1) is 42.6. The number of para-hydroxylation sites is 3. The van der Waals surface area contributed by atoms with Gasteiger partial charge in [0, 0.05) is 56.1 Å². The minimum absolute atomic E-state index is 0.659. The molecule has 12 aromatic rings. The number of hydrogen-bond acceptors (Lipinski definition) is 3. The van der Waals surface area contributed by atoms with Gasteiger partial charge in [-0.1, -0.05) is 182 Å². The van der Waals surface area contributed by atoms with Gasteiger partial charge in [0.1, 0.15) is 6.07 Å². The van der Waals surface area contributed by atoms with Gasteiger partial charge < -0.3 is 14.4 Å². The Morgan fingerprint density at radius 1 is 0.282 bits per heavy atom. The molecule has 12 rings (SSSR count). The zero-order valence-electron chi connectivity index (χ0n) is 38.8. The molecule has 0 aliphatic carbocycles. The summed E-state index contributed by atoms with van der Waals surface area (Å²) in [5.41, 5.74) is 19.0. The largest absolute Gasteiger partial charge is 0.311 e. The SMILES string of the molecule is N#Cc1c(-c2ccc(N(c3ccc(-c4ccccc4)cc3)c3ccc(-c4ccccc4)cc3)cc2)ccc2c1c1ccccc1n2-c1ccc(-c2ccc(N(c3ccccc3)c3ccccc3)cc2)cc1. The second-order valence-electron chi connectivity index (χ2n) is 17.7. The van der Waals surface area contributed by atoms with E-state index in [1.54, 1.807) is 0 Å². The minimum Gasteiger partial charge on any atom is -0.311 e. The lowest BCUT2D eigenvalue weighted by Gasteiger charge is -2.26. The van der Waals surface area contributed by atoms with Crippen molar-refractivity contribution in [3.8, 4) is 56.3 Å². The number of fused-ring (bicyclic) bond motifs is 3. The molecule has 334 valence electrons. The van der Waals surface area contributed by atoms with E-state index >= 15 is 0 Å². The molecule has 0 saturated heterocycles. The summed E-state index contributed by atoms with van der Waals surface area (Å²) in [6.45, 7) is 0. The van der Waals surface area contributed by atoms with Crippen LogP contribution in [0.3, 0.4) is 0 Å². The highest BCUT2D eigenvalue weighted by Crippen LogP contribution is 2.42. The fourth-order valence-corrected chi connectivity index (χ4v) is 10.0. The summed E-state index contributed by atoms with van der Waals surface area (Å²) in [6.07, 6.45) is 0. The number of aromatic nitrogens is 1. The Morgan fingerprint density at radius 2 is 0.620 bits per heavy atom. The highest BCUT2D eigenvalue weighted by molar-refractivity contribution is 6.13. The van der Waals surface area contributed by atoms with E-state index in [9.17, 15) is 5.26 Å². The van der Waals surface area contributed by atoms with E-state index in [-0.39, 0.29) is 0 Å². The molecule has 11 aromatic carbocycles. The molecule has 1 heterocycles. The third kappa shape index (κ3) is 8.18. The van der Waals surface area contributed by atoms with Crippen molar-refractivity contribution in [1.82, 2.24) is 4.57 Å². The molecule has 0 unspecified atom stereocenters. The molecule has 0 atom stereocenters. The predicted molar refractivity (Wildman–Crippen MR) is 297 cm³/mol. The Balaban J connectivity index is 0.873. The van der Waals surface area contributed by atoms with Gasteiger partial charge in [0.25, 0.3) is 0 Å². The molecule has 0 bridgehead atoms. The highest BCUT2D eigenvalue weighted by atomic mass is 15.1. The Kier molecular flexibility index (Phi) is 11.3. The molecule has 0 radical (unpaired) electrons. The van der Waals surface area contributed by atoms with E-state index in [0.717, 1.165) is 83.9 Å². The number of anilines is 6. The van der Waals surface area contributed by atoms with Crippen molar-refractivity contribution < 1.29 is 0 Å². The lowest BCUT2D eigenvalue weighted by molar-refractivity contribution is 1.18. The molecule has 1 aromatic heterocycles. The summed E-state index contributed by atoms with van der Waals surface area (Å²) < 4.78 is 2.28. The van der Waals surface area contributed by atoms with E-state index in [1.165, 1.54) is 22.3 Å². The number of benzene rings is 11. The topological polar surface area (TPSA) is 35.2 Å². The van der Waals surface area contributed by atoms with Crippen molar-refractivity contribution in [2.45, 2.75) is 0 Å². The fraction of sp³-hybridized carbons (Fsp3) is 0. The summed E-state index contributed by atoms with van der Waals surface area (Å²) in [4.78, 5) is 4.57. The molecule has 0 fully saturated rings. The van der Waals surface area contributed by atoms with Crippen LogP contribution >= 0.6 is 0 Å². The third-order valence-electron chi connectivity index (χ3n) is 13.5. The van der Waals surface area contributed by atoms with Crippen LogP contribution < -0.4 is 9.80 Å².